The van der Waals surface area contributed by atoms with Crippen LogP contribution in [0.5, 0.6) is 0 Å². The van der Waals surface area contributed by atoms with Gasteiger partial charge in [0.15, 0.2) is 0 Å². The molecule has 1 atom stereocenters. The number of rotatable bonds is 4. The highest BCUT2D eigenvalue weighted by Gasteiger charge is 2.19. The molecular formula is C16H26N2. The van der Waals surface area contributed by atoms with E-state index in [1.807, 2.05) is 0 Å². The van der Waals surface area contributed by atoms with Crippen molar-refractivity contribution < 1.29 is 0 Å². The van der Waals surface area contributed by atoms with Gasteiger partial charge < -0.3 is 5.32 Å². The van der Waals surface area contributed by atoms with Gasteiger partial charge in [0, 0.05) is 13.1 Å². The SMILES string of the molecule is CNCC1CCCN(Cc2ccc(C)cc2C)C1. The molecule has 1 aromatic rings. The number of benzene rings is 1. The summed E-state index contributed by atoms with van der Waals surface area (Å²) in [5.41, 5.74) is 4.29. The van der Waals surface area contributed by atoms with E-state index in [0.717, 1.165) is 19.0 Å². The molecule has 100 valence electrons. The summed E-state index contributed by atoms with van der Waals surface area (Å²) in [6, 6.07) is 6.83. The minimum absolute atomic E-state index is 0.828. The normalized spacial score (nSPS) is 21.2. The second-order valence-electron chi connectivity index (χ2n) is 5.73. The molecule has 2 rings (SSSR count). The molecule has 1 unspecified atom stereocenters. The van der Waals surface area contributed by atoms with Crippen LogP contribution in [0.15, 0.2) is 18.2 Å². The predicted molar refractivity (Wildman–Crippen MR) is 77.8 cm³/mol. The van der Waals surface area contributed by atoms with Crippen LogP contribution < -0.4 is 5.32 Å². The molecule has 0 spiro atoms. The van der Waals surface area contributed by atoms with Gasteiger partial charge in [0.25, 0.3) is 0 Å². The Bertz CT molecular complexity index is 385. The number of nitrogens with one attached hydrogen (secondary N) is 1. The second-order valence-corrected chi connectivity index (χ2v) is 5.73. The summed E-state index contributed by atoms with van der Waals surface area (Å²) in [6.45, 7) is 9.18. The van der Waals surface area contributed by atoms with Crippen LogP contribution in [0, 0.1) is 19.8 Å². The van der Waals surface area contributed by atoms with Crippen molar-refractivity contribution in [1.82, 2.24) is 10.2 Å². The van der Waals surface area contributed by atoms with Gasteiger partial charge >= 0.3 is 0 Å². The summed E-state index contributed by atoms with van der Waals surface area (Å²) in [4.78, 5) is 2.61. The molecule has 1 fully saturated rings. The van der Waals surface area contributed by atoms with Gasteiger partial charge in [0.05, 0.1) is 0 Å². The first-order valence-electron chi connectivity index (χ1n) is 7.12. The van der Waals surface area contributed by atoms with Gasteiger partial charge in [-0.05, 0) is 63.9 Å². The van der Waals surface area contributed by atoms with Crippen molar-refractivity contribution in [2.24, 2.45) is 5.92 Å². The van der Waals surface area contributed by atoms with Crippen LogP contribution in [0.4, 0.5) is 0 Å². The molecule has 0 amide bonds. The summed E-state index contributed by atoms with van der Waals surface area (Å²) >= 11 is 0. The molecule has 1 aliphatic heterocycles. The molecule has 0 bridgehead atoms. The van der Waals surface area contributed by atoms with Crippen LogP contribution in [-0.4, -0.2) is 31.6 Å². The summed E-state index contributed by atoms with van der Waals surface area (Å²) in [7, 11) is 2.06. The maximum Gasteiger partial charge on any atom is 0.0236 e. The third-order valence-electron chi connectivity index (χ3n) is 3.99. The van der Waals surface area contributed by atoms with Gasteiger partial charge in [-0.3, -0.25) is 4.90 Å². The van der Waals surface area contributed by atoms with Gasteiger partial charge in [-0.25, -0.2) is 0 Å². The zero-order valence-corrected chi connectivity index (χ0v) is 12.0. The highest BCUT2D eigenvalue weighted by atomic mass is 15.1. The number of nitrogens with zero attached hydrogens (tertiary/aromatic N) is 1. The zero-order chi connectivity index (χ0) is 13.0. The van der Waals surface area contributed by atoms with Crippen LogP contribution in [0.1, 0.15) is 29.5 Å². The van der Waals surface area contributed by atoms with E-state index >= 15 is 0 Å². The molecular weight excluding hydrogens is 220 g/mol. The van der Waals surface area contributed by atoms with E-state index in [1.54, 1.807) is 0 Å². The molecule has 0 radical (unpaired) electrons. The fourth-order valence-corrected chi connectivity index (χ4v) is 3.01. The Morgan fingerprint density at radius 2 is 2.17 bits per heavy atom. The Hall–Kier alpha value is -0.860. The monoisotopic (exact) mass is 246 g/mol. The third-order valence-corrected chi connectivity index (χ3v) is 3.99. The van der Waals surface area contributed by atoms with E-state index < -0.39 is 0 Å². The van der Waals surface area contributed by atoms with Gasteiger partial charge in [0.1, 0.15) is 0 Å². The molecule has 2 nitrogen and oxygen atoms in total. The molecule has 1 aliphatic rings. The zero-order valence-electron chi connectivity index (χ0n) is 12.0. The molecule has 0 aromatic heterocycles. The van der Waals surface area contributed by atoms with E-state index in [2.05, 4.69) is 49.3 Å². The van der Waals surface area contributed by atoms with E-state index in [4.69, 9.17) is 0 Å². The smallest absolute Gasteiger partial charge is 0.0236 e. The maximum atomic E-state index is 3.31. The lowest BCUT2D eigenvalue weighted by atomic mass is 9.97. The molecule has 18 heavy (non-hydrogen) atoms. The lowest BCUT2D eigenvalue weighted by Gasteiger charge is -2.33. The summed E-state index contributed by atoms with van der Waals surface area (Å²) in [5.74, 6) is 0.828. The number of piperidine rings is 1. The summed E-state index contributed by atoms with van der Waals surface area (Å²) in [6.07, 6.45) is 2.72. The first kappa shape index (κ1) is 13.6. The Balaban J connectivity index is 1.96. The van der Waals surface area contributed by atoms with Crippen molar-refractivity contribution in [2.75, 3.05) is 26.7 Å². The average Bonchev–Trinajstić information content (AvgIpc) is 2.34. The standard InChI is InChI=1S/C16H26N2/c1-13-6-7-16(14(2)9-13)12-18-8-4-5-15(11-18)10-17-3/h6-7,9,15,17H,4-5,8,10-12H2,1-3H3. The van der Waals surface area contributed by atoms with Gasteiger partial charge in [0.2, 0.25) is 0 Å². The Labute approximate surface area is 111 Å². The average molecular weight is 246 g/mol. The van der Waals surface area contributed by atoms with Crippen molar-refractivity contribution in [1.29, 1.82) is 0 Å². The van der Waals surface area contributed by atoms with E-state index in [1.165, 1.54) is 42.6 Å². The molecule has 2 heteroatoms. The highest BCUT2D eigenvalue weighted by Crippen LogP contribution is 2.19. The van der Waals surface area contributed by atoms with Crippen molar-refractivity contribution in [3.05, 3.63) is 34.9 Å². The highest BCUT2D eigenvalue weighted by molar-refractivity contribution is 5.30. The molecule has 1 N–H and O–H groups in total. The third kappa shape index (κ3) is 3.56. The number of aryl methyl sites for hydroxylation is 2. The summed E-state index contributed by atoms with van der Waals surface area (Å²) in [5, 5.41) is 3.31. The fraction of sp³-hybridized carbons (Fsp3) is 0.625. The lowest BCUT2D eigenvalue weighted by molar-refractivity contribution is 0.166. The van der Waals surface area contributed by atoms with Crippen molar-refractivity contribution in [3.63, 3.8) is 0 Å². The van der Waals surface area contributed by atoms with E-state index in [0.29, 0.717) is 0 Å². The minimum atomic E-state index is 0.828. The van der Waals surface area contributed by atoms with Crippen LogP contribution in [0.25, 0.3) is 0 Å². The number of hydrogen-bond acceptors (Lipinski definition) is 2. The molecule has 0 saturated carbocycles. The minimum Gasteiger partial charge on any atom is -0.319 e. The lowest BCUT2D eigenvalue weighted by Crippen LogP contribution is -2.38. The quantitative estimate of drug-likeness (QED) is 0.879. The van der Waals surface area contributed by atoms with E-state index in [9.17, 15) is 0 Å². The number of likely N-dealkylation sites (tertiary alicyclic amines) is 1. The molecule has 0 aliphatic carbocycles. The Morgan fingerprint density at radius 3 is 2.89 bits per heavy atom. The van der Waals surface area contributed by atoms with Crippen LogP contribution in [0.2, 0.25) is 0 Å². The fourth-order valence-electron chi connectivity index (χ4n) is 3.01. The van der Waals surface area contributed by atoms with Crippen LogP contribution >= 0.6 is 0 Å². The molecule has 1 aromatic carbocycles. The van der Waals surface area contributed by atoms with Crippen LogP contribution in [0.3, 0.4) is 0 Å². The number of hydrogen-bond donors (Lipinski definition) is 1. The first-order valence-corrected chi connectivity index (χ1v) is 7.12. The maximum absolute atomic E-state index is 3.31. The van der Waals surface area contributed by atoms with E-state index in [-0.39, 0.29) is 0 Å². The molecule has 1 saturated heterocycles. The van der Waals surface area contributed by atoms with Gasteiger partial charge in [-0.2, -0.15) is 0 Å². The topological polar surface area (TPSA) is 15.3 Å². The summed E-state index contributed by atoms with van der Waals surface area (Å²) < 4.78 is 0. The van der Waals surface area contributed by atoms with Gasteiger partial charge in [-0.15, -0.1) is 0 Å². The first-order chi connectivity index (χ1) is 8.69. The molecule has 1 heterocycles. The van der Waals surface area contributed by atoms with Crippen LogP contribution in [-0.2, 0) is 6.54 Å². The predicted octanol–water partition coefficient (Wildman–Crippen LogP) is 2.73. The van der Waals surface area contributed by atoms with Crippen molar-refractivity contribution in [3.8, 4) is 0 Å². The largest absolute Gasteiger partial charge is 0.319 e. The second kappa shape index (κ2) is 6.35. The van der Waals surface area contributed by atoms with Crippen molar-refractivity contribution in [2.45, 2.75) is 33.2 Å². The van der Waals surface area contributed by atoms with Crippen molar-refractivity contribution >= 4 is 0 Å². The Kier molecular flexibility index (Phi) is 4.79. The van der Waals surface area contributed by atoms with Gasteiger partial charge in [-0.1, -0.05) is 23.8 Å². The Morgan fingerprint density at radius 1 is 1.33 bits per heavy atom.